The summed E-state index contributed by atoms with van der Waals surface area (Å²) in [7, 11) is 2.64. The van der Waals surface area contributed by atoms with Gasteiger partial charge < -0.3 is 19.3 Å². The predicted molar refractivity (Wildman–Crippen MR) is 128 cm³/mol. The van der Waals surface area contributed by atoms with Gasteiger partial charge >= 0.3 is 11.9 Å². The van der Waals surface area contributed by atoms with Crippen LogP contribution in [-0.4, -0.2) is 53.4 Å². The first-order chi connectivity index (χ1) is 16.2. The number of carbonyl (C=O) groups excluding carboxylic acids is 3. The Morgan fingerprint density at radius 3 is 2.59 bits per heavy atom. The smallest absolute Gasteiger partial charge is 0.335 e. The lowest BCUT2D eigenvalue weighted by atomic mass is 10.1. The molecule has 3 rings (SSSR count). The fourth-order valence-corrected chi connectivity index (χ4v) is 4.64. The summed E-state index contributed by atoms with van der Waals surface area (Å²) in [5.41, 5.74) is 1.37. The van der Waals surface area contributed by atoms with E-state index in [1.165, 1.54) is 39.4 Å². The Balaban J connectivity index is 1.83. The number of methoxy groups -OCH3 is 2. The van der Waals surface area contributed by atoms with Crippen molar-refractivity contribution in [2.24, 2.45) is 0 Å². The Kier molecular flexibility index (Phi) is 8.00. The van der Waals surface area contributed by atoms with Crippen LogP contribution in [0.2, 0.25) is 0 Å². The molecular formula is C23H20BrNO8S. The highest BCUT2D eigenvalue weighted by Crippen LogP contribution is 2.40. The average Bonchev–Trinajstić information content (AvgIpc) is 3.09. The number of hydrogen-bond donors (Lipinski definition) is 1. The number of nitrogens with zero attached hydrogens (tertiary/aromatic N) is 1. The van der Waals surface area contributed by atoms with Crippen molar-refractivity contribution in [3.05, 3.63) is 62.5 Å². The minimum Gasteiger partial charge on any atom is -0.493 e. The van der Waals surface area contributed by atoms with Crippen molar-refractivity contribution in [2.75, 3.05) is 14.2 Å². The summed E-state index contributed by atoms with van der Waals surface area (Å²) in [4.78, 5) is 49.0. The summed E-state index contributed by atoms with van der Waals surface area (Å²) in [6.07, 6.45) is 1.52. The molecule has 1 atom stereocenters. The second kappa shape index (κ2) is 10.7. The SMILES string of the molecule is COC(=O)[C@@H](C)N1C(=O)S/C(=C/c2cc(Br)c(OCc3cccc(C(=O)O)c3)c(OC)c2)C1=O. The third kappa shape index (κ3) is 5.42. The van der Waals surface area contributed by atoms with Crippen molar-refractivity contribution < 1.29 is 38.5 Å². The molecule has 0 bridgehead atoms. The maximum Gasteiger partial charge on any atom is 0.335 e. The highest BCUT2D eigenvalue weighted by atomic mass is 79.9. The highest BCUT2D eigenvalue weighted by Gasteiger charge is 2.41. The van der Waals surface area contributed by atoms with E-state index in [1.807, 2.05) is 0 Å². The van der Waals surface area contributed by atoms with Crippen LogP contribution in [0.25, 0.3) is 6.08 Å². The Morgan fingerprint density at radius 2 is 1.94 bits per heavy atom. The van der Waals surface area contributed by atoms with Crippen LogP contribution in [0.4, 0.5) is 4.79 Å². The number of carboxylic acids is 1. The van der Waals surface area contributed by atoms with Crippen LogP contribution in [0, 0.1) is 0 Å². The summed E-state index contributed by atoms with van der Waals surface area (Å²) in [6, 6.07) is 8.65. The fourth-order valence-electron chi connectivity index (χ4n) is 3.15. The number of rotatable bonds is 8. The number of benzene rings is 2. The van der Waals surface area contributed by atoms with Gasteiger partial charge in [-0.2, -0.15) is 0 Å². The summed E-state index contributed by atoms with van der Waals surface area (Å²) >= 11 is 4.15. The van der Waals surface area contributed by atoms with Crippen LogP contribution < -0.4 is 9.47 Å². The van der Waals surface area contributed by atoms with Crippen LogP contribution in [-0.2, 0) is 20.9 Å². The number of hydrogen-bond acceptors (Lipinski definition) is 8. The zero-order chi connectivity index (χ0) is 25.0. The lowest BCUT2D eigenvalue weighted by Crippen LogP contribution is -2.42. The molecule has 1 aliphatic rings. The van der Waals surface area contributed by atoms with E-state index in [4.69, 9.17) is 14.6 Å². The van der Waals surface area contributed by atoms with Gasteiger partial charge in [0, 0.05) is 0 Å². The molecule has 2 aromatic carbocycles. The zero-order valence-corrected chi connectivity index (χ0v) is 20.8. The maximum atomic E-state index is 12.7. The highest BCUT2D eigenvalue weighted by molar-refractivity contribution is 9.10. The third-order valence-corrected chi connectivity index (χ3v) is 6.33. The van der Waals surface area contributed by atoms with E-state index in [0.717, 1.165) is 16.7 Å². The van der Waals surface area contributed by atoms with Gasteiger partial charge in [-0.3, -0.25) is 14.5 Å². The topological polar surface area (TPSA) is 119 Å². The second-order valence-electron chi connectivity index (χ2n) is 7.08. The lowest BCUT2D eigenvalue weighted by molar-refractivity contribution is -0.148. The molecule has 0 saturated carbocycles. The van der Waals surface area contributed by atoms with E-state index in [9.17, 15) is 19.2 Å². The van der Waals surface area contributed by atoms with Gasteiger partial charge in [0.05, 0.1) is 29.2 Å². The number of esters is 1. The molecule has 0 spiro atoms. The van der Waals surface area contributed by atoms with Gasteiger partial charge in [0.1, 0.15) is 12.6 Å². The molecule has 1 fully saturated rings. The van der Waals surface area contributed by atoms with Crippen LogP contribution in [0.1, 0.15) is 28.4 Å². The van der Waals surface area contributed by atoms with Crippen LogP contribution in [0.5, 0.6) is 11.5 Å². The van der Waals surface area contributed by atoms with E-state index in [1.54, 1.807) is 24.3 Å². The lowest BCUT2D eigenvalue weighted by Gasteiger charge is -2.18. The number of carbonyl (C=O) groups is 4. The Hall–Kier alpha value is -3.31. The van der Waals surface area contributed by atoms with Crippen molar-refractivity contribution >= 4 is 56.9 Å². The summed E-state index contributed by atoms with van der Waals surface area (Å²) in [5, 5.41) is 8.58. The quantitative estimate of drug-likeness (QED) is 0.378. The Morgan fingerprint density at radius 1 is 1.21 bits per heavy atom. The molecule has 34 heavy (non-hydrogen) atoms. The van der Waals surface area contributed by atoms with E-state index in [2.05, 4.69) is 20.7 Å². The standard InChI is InChI=1S/C23H20BrNO8S/c1-12(22(29)32-3)25-20(26)18(34-23(25)30)10-14-8-16(24)19(17(9-14)31-2)33-11-13-5-4-6-15(7-13)21(27)28/h4-10,12H,11H2,1-3H3,(H,27,28)/b18-10+/t12-/m1/s1. The van der Waals surface area contributed by atoms with Gasteiger partial charge in [0.2, 0.25) is 0 Å². The molecule has 1 heterocycles. The molecule has 0 unspecified atom stereocenters. The van der Waals surface area contributed by atoms with Gasteiger partial charge in [0.15, 0.2) is 11.5 Å². The van der Waals surface area contributed by atoms with Gasteiger partial charge in [-0.25, -0.2) is 9.59 Å². The maximum absolute atomic E-state index is 12.7. The number of thioether (sulfide) groups is 1. The van der Waals surface area contributed by atoms with Gasteiger partial charge in [-0.05, 0) is 76.1 Å². The number of imide groups is 1. The van der Waals surface area contributed by atoms with E-state index >= 15 is 0 Å². The number of aromatic carboxylic acids is 1. The largest absolute Gasteiger partial charge is 0.493 e. The molecule has 2 aromatic rings. The first-order valence-electron chi connectivity index (χ1n) is 9.83. The molecule has 0 aromatic heterocycles. The summed E-state index contributed by atoms with van der Waals surface area (Å²) in [6.45, 7) is 1.52. The molecule has 1 aliphatic heterocycles. The molecule has 0 radical (unpaired) electrons. The average molecular weight is 550 g/mol. The fraction of sp³-hybridized carbons (Fsp3) is 0.217. The van der Waals surface area contributed by atoms with Crippen molar-refractivity contribution in [1.29, 1.82) is 0 Å². The number of ether oxygens (including phenoxy) is 3. The van der Waals surface area contributed by atoms with Crippen molar-refractivity contribution in [3.8, 4) is 11.5 Å². The molecule has 2 amide bonds. The summed E-state index contributed by atoms with van der Waals surface area (Å²) in [5.74, 6) is -1.58. The molecule has 1 N–H and O–H groups in total. The molecule has 11 heteroatoms. The van der Waals surface area contributed by atoms with Crippen LogP contribution in [0.15, 0.2) is 45.8 Å². The first kappa shape index (κ1) is 25.3. The van der Waals surface area contributed by atoms with Crippen molar-refractivity contribution in [1.82, 2.24) is 4.90 Å². The van der Waals surface area contributed by atoms with Gasteiger partial charge in [-0.15, -0.1) is 0 Å². The Bertz CT molecular complexity index is 1200. The van der Waals surface area contributed by atoms with Gasteiger partial charge in [0.25, 0.3) is 11.1 Å². The molecular weight excluding hydrogens is 530 g/mol. The zero-order valence-electron chi connectivity index (χ0n) is 18.4. The number of amides is 2. The first-order valence-corrected chi connectivity index (χ1v) is 11.4. The predicted octanol–water partition coefficient (Wildman–Crippen LogP) is 4.33. The minimum absolute atomic E-state index is 0.0970. The summed E-state index contributed by atoms with van der Waals surface area (Å²) < 4.78 is 16.4. The van der Waals surface area contributed by atoms with E-state index < -0.39 is 29.1 Å². The van der Waals surface area contributed by atoms with Crippen LogP contribution in [0.3, 0.4) is 0 Å². The molecule has 178 valence electrons. The molecule has 9 nitrogen and oxygen atoms in total. The van der Waals surface area contributed by atoms with Crippen molar-refractivity contribution in [2.45, 2.75) is 19.6 Å². The Labute approximate surface area is 207 Å². The molecule has 1 saturated heterocycles. The van der Waals surface area contributed by atoms with E-state index in [-0.39, 0.29) is 17.1 Å². The third-order valence-electron chi connectivity index (χ3n) is 4.86. The van der Waals surface area contributed by atoms with Gasteiger partial charge in [-0.1, -0.05) is 12.1 Å². The van der Waals surface area contributed by atoms with Crippen molar-refractivity contribution in [3.63, 3.8) is 0 Å². The van der Waals surface area contributed by atoms with Crippen LogP contribution >= 0.6 is 27.7 Å². The van der Waals surface area contributed by atoms with E-state index in [0.29, 0.717) is 27.1 Å². The monoisotopic (exact) mass is 549 g/mol. The normalized spacial score (nSPS) is 15.4. The number of carboxylic acid groups (broad SMARTS) is 1. The number of halogens is 1. The second-order valence-corrected chi connectivity index (χ2v) is 8.93. The minimum atomic E-state index is -1.04. The molecule has 0 aliphatic carbocycles.